The third kappa shape index (κ3) is 2.02. The Hall–Kier alpha value is -2.07. The lowest BCUT2D eigenvalue weighted by atomic mass is 9.98. The molecule has 0 saturated carbocycles. The van der Waals surface area contributed by atoms with E-state index in [0.717, 1.165) is 11.1 Å². The lowest BCUT2D eigenvalue weighted by molar-refractivity contribution is 0.103. The summed E-state index contributed by atoms with van der Waals surface area (Å²) in [5, 5.41) is 0. The standard InChI is InChI=1S/C16H12F2O2/c1-9-2-5-13(15(18)14(9)17)16(19)10-3-4-11-7-20-8-12(11)6-10/h2-6H,7-8H2,1H3. The normalized spacial score (nSPS) is 13.3. The Bertz CT molecular complexity index is 708. The van der Waals surface area contributed by atoms with Crippen molar-refractivity contribution >= 4 is 5.78 Å². The Balaban J connectivity index is 2.03. The fraction of sp³-hybridized carbons (Fsp3) is 0.188. The fourth-order valence-electron chi connectivity index (χ4n) is 2.29. The highest BCUT2D eigenvalue weighted by molar-refractivity contribution is 6.09. The van der Waals surface area contributed by atoms with Crippen LogP contribution in [0.4, 0.5) is 8.78 Å². The van der Waals surface area contributed by atoms with Gasteiger partial charge < -0.3 is 4.74 Å². The number of carbonyl (C=O) groups is 1. The first-order valence-corrected chi connectivity index (χ1v) is 6.27. The van der Waals surface area contributed by atoms with Crippen LogP contribution in [0.25, 0.3) is 0 Å². The van der Waals surface area contributed by atoms with Gasteiger partial charge in [-0.2, -0.15) is 0 Å². The number of fused-ring (bicyclic) bond motifs is 1. The summed E-state index contributed by atoms with van der Waals surface area (Å²) in [6.07, 6.45) is 0. The number of ether oxygens (including phenoxy) is 1. The number of aryl methyl sites for hydroxylation is 1. The molecule has 1 heterocycles. The van der Waals surface area contributed by atoms with Gasteiger partial charge in [0.2, 0.25) is 0 Å². The van der Waals surface area contributed by atoms with Gasteiger partial charge in [-0.25, -0.2) is 8.78 Å². The molecule has 2 nitrogen and oxygen atoms in total. The molecule has 0 amide bonds. The van der Waals surface area contributed by atoms with Gasteiger partial charge >= 0.3 is 0 Å². The van der Waals surface area contributed by atoms with Crippen LogP contribution in [0.15, 0.2) is 30.3 Å². The molecular weight excluding hydrogens is 262 g/mol. The zero-order valence-corrected chi connectivity index (χ0v) is 10.9. The van der Waals surface area contributed by atoms with E-state index in [4.69, 9.17) is 4.74 Å². The fourth-order valence-corrected chi connectivity index (χ4v) is 2.29. The lowest BCUT2D eigenvalue weighted by Crippen LogP contribution is -2.07. The molecule has 1 aliphatic heterocycles. The number of hydrogen-bond acceptors (Lipinski definition) is 2. The summed E-state index contributed by atoms with van der Waals surface area (Å²) in [6, 6.07) is 7.81. The molecule has 0 spiro atoms. The summed E-state index contributed by atoms with van der Waals surface area (Å²) in [6.45, 7) is 2.43. The van der Waals surface area contributed by atoms with E-state index in [1.54, 1.807) is 18.2 Å². The van der Waals surface area contributed by atoms with Crippen LogP contribution >= 0.6 is 0 Å². The molecule has 0 aliphatic carbocycles. The van der Waals surface area contributed by atoms with Gasteiger partial charge in [-0.05, 0) is 35.7 Å². The van der Waals surface area contributed by atoms with Crippen molar-refractivity contribution in [1.82, 2.24) is 0 Å². The maximum atomic E-state index is 13.9. The second-order valence-corrected chi connectivity index (χ2v) is 4.86. The van der Waals surface area contributed by atoms with E-state index in [1.807, 2.05) is 0 Å². The molecule has 20 heavy (non-hydrogen) atoms. The van der Waals surface area contributed by atoms with Crippen LogP contribution in [-0.2, 0) is 18.0 Å². The van der Waals surface area contributed by atoms with Crippen LogP contribution in [0.3, 0.4) is 0 Å². The van der Waals surface area contributed by atoms with Crippen LogP contribution in [-0.4, -0.2) is 5.78 Å². The minimum atomic E-state index is -1.09. The number of ketones is 1. The van der Waals surface area contributed by atoms with Gasteiger partial charge in [-0.1, -0.05) is 18.2 Å². The highest BCUT2D eigenvalue weighted by Gasteiger charge is 2.20. The van der Waals surface area contributed by atoms with Crippen molar-refractivity contribution < 1.29 is 18.3 Å². The molecule has 2 aromatic carbocycles. The largest absolute Gasteiger partial charge is 0.372 e. The van der Waals surface area contributed by atoms with Crippen molar-refractivity contribution in [2.24, 2.45) is 0 Å². The third-order valence-electron chi connectivity index (χ3n) is 3.50. The van der Waals surface area contributed by atoms with E-state index >= 15 is 0 Å². The summed E-state index contributed by atoms with van der Waals surface area (Å²) in [4.78, 5) is 12.3. The second-order valence-electron chi connectivity index (χ2n) is 4.86. The Morgan fingerprint density at radius 3 is 2.60 bits per heavy atom. The van der Waals surface area contributed by atoms with Crippen molar-refractivity contribution in [3.05, 3.63) is 69.8 Å². The summed E-state index contributed by atoms with van der Waals surface area (Å²) < 4.78 is 32.7. The maximum Gasteiger partial charge on any atom is 0.196 e. The van der Waals surface area contributed by atoms with E-state index in [-0.39, 0.29) is 11.1 Å². The van der Waals surface area contributed by atoms with Crippen molar-refractivity contribution in [1.29, 1.82) is 0 Å². The quantitative estimate of drug-likeness (QED) is 0.783. The minimum absolute atomic E-state index is 0.182. The number of hydrogen-bond donors (Lipinski definition) is 0. The Kier molecular flexibility index (Phi) is 3.10. The van der Waals surface area contributed by atoms with Crippen LogP contribution in [0.2, 0.25) is 0 Å². The molecule has 0 fully saturated rings. The van der Waals surface area contributed by atoms with Gasteiger partial charge in [0, 0.05) is 5.56 Å². The summed E-state index contributed by atoms with van der Waals surface area (Å²) in [5.74, 6) is -2.58. The molecule has 0 unspecified atom stereocenters. The Morgan fingerprint density at radius 1 is 1.05 bits per heavy atom. The van der Waals surface area contributed by atoms with Crippen LogP contribution in [0.1, 0.15) is 32.6 Å². The van der Waals surface area contributed by atoms with Gasteiger partial charge in [0.15, 0.2) is 17.4 Å². The van der Waals surface area contributed by atoms with E-state index < -0.39 is 17.4 Å². The minimum Gasteiger partial charge on any atom is -0.372 e. The number of carbonyl (C=O) groups excluding carboxylic acids is 1. The van der Waals surface area contributed by atoms with Gasteiger partial charge in [0.05, 0.1) is 18.8 Å². The zero-order chi connectivity index (χ0) is 14.3. The first-order valence-electron chi connectivity index (χ1n) is 6.27. The maximum absolute atomic E-state index is 13.9. The molecule has 0 radical (unpaired) electrons. The highest BCUT2D eigenvalue weighted by Crippen LogP contribution is 2.24. The van der Waals surface area contributed by atoms with Gasteiger partial charge in [-0.3, -0.25) is 4.79 Å². The van der Waals surface area contributed by atoms with Gasteiger partial charge in [0.25, 0.3) is 0 Å². The van der Waals surface area contributed by atoms with Crippen molar-refractivity contribution in [3.63, 3.8) is 0 Å². The highest BCUT2D eigenvalue weighted by atomic mass is 19.2. The first-order chi connectivity index (χ1) is 9.58. The van der Waals surface area contributed by atoms with E-state index in [1.165, 1.54) is 19.1 Å². The van der Waals surface area contributed by atoms with Gasteiger partial charge in [-0.15, -0.1) is 0 Å². The average molecular weight is 274 g/mol. The van der Waals surface area contributed by atoms with E-state index in [0.29, 0.717) is 18.8 Å². The molecular formula is C16H12F2O2. The molecule has 0 N–H and O–H groups in total. The predicted molar refractivity (Wildman–Crippen MR) is 69.5 cm³/mol. The number of rotatable bonds is 2. The molecule has 0 bridgehead atoms. The predicted octanol–water partition coefficient (Wildman–Crippen LogP) is 3.53. The molecule has 102 valence electrons. The van der Waals surface area contributed by atoms with Gasteiger partial charge in [0.1, 0.15) is 0 Å². The average Bonchev–Trinajstić information content (AvgIpc) is 2.91. The van der Waals surface area contributed by atoms with Crippen LogP contribution in [0, 0.1) is 18.6 Å². The van der Waals surface area contributed by atoms with Crippen LogP contribution < -0.4 is 0 Å². The first kappa shape index (κ1) is 12.9. The topological polar surface area (TPSA) is 26.3 Å². The van der Waals surface area contributed by atoms with E-state index in [2.05, 4.69) is 0 Å². The molecule has 0 atom stereocenters. The monoisotopic (exact) mass is 274 g/mol. The van der Waals surface area contributed by atoms with Crippen molar-refractivity contribution in [2.45, 2.75) is 20.1 Å². The van der Waals surface area contributed by atoms with Crippen LogP contribution in [0.5, 0.6) is 0 Å². The molecule has 0 aromatic heterocycles. The molecule has 1 aliphatic rings. The Labute approximate surface area is 115 Å². The lowest BCUT2D eigenvalue weighted by Gasteiger charge is -2.06. The molecule has 4 heteroatoms. The number of benzene rings is 2. The summed E-state index contributed by atoms with van der Waals surface area (Å²) in [5.41, 5.74) is 2.23. The molecule has 2 aromatic rings. The SMILES string of the molecule is Cc1ccc(C(=O)c2ccc3c(c2)COC3)c(F)c1F. The van der Waals surface area contributed by atoms with Crippen molar-refractivity contribution in [2.75, 3.05) is 0 Å². The van der Waals surface area contributed by atoms with E-state index in [9.17, 15) is 13.6 Å². The second kappa shape index (κ2) is 4.80. The summed E-state index contributed by atoms with van der Waals surface area (Å²) >= 11 is 0. The third-order valence-corrected chi connectivity index (χ3v) is 3.50. The smallest absolute Gasteiger partial charge is 0.196 e. The van der Waals surface area contributed by atoms with Crippen molar-refractivity contribution in [3.8, 4) is 0 Å². The molecule has 3 rings (SSSR count). The zero-order valence-electron chi connectivity index (χ0n) is 10.9. The summed E-state index contributed by atoms with van der Waals surface area (Å²) in [7, 11) is 0. The number of halogens is 2. The molecule has 0 saturated heterocycles. The Morgan fingerprint density at radius 2 is 1.80 bits per heavy atom.